The van der Waals surface area contributed by atoms with Crippen LogP contribution in [0.1, 0.15) is 25.8 Å². The second-order valence-corrected chi connectivity index (χ2v) is 5.27. The third kappa shape index (κ3) is 4.05. The van der Waals surface area contributed by atoms with Gasteiger partial charge in [-0.15, -0.1) is 0 Å². The lowest BCUT2D eigenvalue weighted by Crippen LogP contribution is -2.34. The van der Waals surface area contributed by atoms with Gasteiger partial charge in [0, 0.05) is 18.5 Å². The molecule has 0 unspecified atom stereocenters. The average molecular weight is 277 g/mol. The van der Waals surface area contributed by atoms with E-state index in [1.165, 1.54) is 0 Å². The standard InChI is InChI=1S/C15H23N3O2/c1-11(2)9-17-15(16)18-10-12-5-3-6-13-14(12)20-8-4-7-19-13/h3,5-6,11H,4,7-10H2,1-2H3,(H3,16,17,18). The molecule has 0 fully saturated rings. The minimum absolute atomic E-state index is 0.464. The molecule has 0 spiro atoms. The van der Waals surface area contributed by atoms with Gasteiger partial charge in [0.25, 0.3) is 0 Å². The lowest BCUT2D eigenvalue weighted by molar-refractivity contribution is 0.296. The van der Waals surface area contributed by atoms with E-state index in [-0.39, 0.29) is 0 Å². The van der Waals surface area contributed by atoms with Gasteiger partial charge in [0.1, 0.15) is 0 Å². The van der Waals surface area contributed by atoms with E-state index < -0.39 is 0 Å². The quantitative estimate of drug-likeness (QED) is 0.651. The molecular weight excluding hydrogens is 254 g/mol. The summed E-state index contributed by atoms with van der Waals surface area (Å²) in [6.45, 7) is 6.93. The van der Waals surface area contributed by atoms with Crippen molar-refractivity contribution in [2.24, 2.45) is 16.6 Å². The number of hydrogen-bond acceptors (Lipinski definition) is 3. The zero-order chi connectivity index (χ0) is 14.4. The molecule has 5 heteroatoms. The zero-order valence-electron chi connectivity index (χ0n) is 12.2. The lowest BCUT2D eigenvalue weighted by atomic mass is 10.2. The fraction of sp³-hybridized carbons (Fsp3) is 0.533. The molecule has 1 aromatic rings. The Bertz CT molecular complexity index is 472. The molecule has 0 atom stereocenters. The molecule has 0 aromatic heterocycles. The summed E-state index contributed by atoms with van der Waals surface area (Å²) in [5.74, 6) is 2.59. The van der Waals surface area contributed by atoms with Crippen LogP contribution in [0.15, 0.2) is 23.2 Å². The zero-order valence-corrected chi connectivity index (χ0v) is 12.2. The number of hydrogen-bond donors (Lipinski definition) is 2. The van der Waals surface area contributed by atoms with E-state index in [4.69, 9.17) is 15.2 Å². The van der Waals surface area contributed by atoms with Gasteiger partial charge < -0.3 is 20.5 Å². The molecule has 5 nitrogen and oxygen atoms in total. The lowest BCUT2D eigenvalue weighted by Gasteiger charge is -2.12. The van der Waals surface area contributed by atoms with Gasteiger partial charge in [0.2, 0.25) is 0 Å². The first kappa shape index (κ1) is 14.5. The summed E-state index contributed by atoms with van der Waals surface area (Å²) < 4.78 is 11.4. The maximum atomic E-state index is 5.84. The molecule has 1 aliphatic heterocycles. The minimum atomic E-state index is 0.464. The van der Waals surface area contributed by atoms with Crippen molar-refractivity contribution in [3.63, 3.8) is 0 Å². The molecule has 0 bridgehead atoms. The molecule has 0 saturated carbocycles. The molecule has 1 aromatic carbocycles. The summed E-state index contributed by atoms with van der Waals surface area (Å²) in [4.78, 5) is 4.35. The second-order valence-electron chi connectivity index (χ2n) is 5.27. The number of nitrogens with zero attached hydrogens (tertiary/aromatic N) is 1. The van der Waals surface area contributed by atoms with E-state index in [1.54, 1.807) is 0 Å². The Kier molecular flexibility index (Phi) is 5.09. The molecule has 2 rings (SSSR count). The Morgan fingerprint density at radius 2 is 2.15 bits per heavy atom. The molecule has 0 radical (unpaired) electrons. The van der Waals surface area contributed by atoms with E-state index in [1.807, 2.05) is 18.2 Å². The molecular formula is C15H23N3O2. The van der Waals surface area contributed by atoms with Crippen molar-refractivity contribution < 1.29 is 9.47 Å². The Morgan fingerprint density at radius 1 is 1.35 bits per heavy atom. The Morgan fingerprint density at radius 3 is 2.95 bits per heavy atom. The summed E-state index contributed by atoms with van der Waals surface area (Å²) in [5, 5.41) is 3.10. The van der Waals surface area contributed by atoms with Crippen LogP contribution >= 0.6 is 0 Å². The smallest absolute Gasteiger partial charge is 0.188 e. The largest absolute Gasteiger partial charge is 0.490 e. The maximum absolute atomic E-state index is 5.84. The van der Waals surface area contributed by atoms with Gasteiger partial charge in [0.15, 0.2) is 17.5 Å². The first-order valence-corrected chi connectivity index (χ1v) is 7.08. The monoisotopic (exact) mass is 277 g/mol. The first-order valence-electron chi connectivity index (χ1n) is 7.08. The van der Waals surface area contributed by atoms with Gasteiger partial charge >= 0.3 is 0 Å². The highest BCUT2D eigenvalue weighted by Gasteiger charge is 2.13. The van der Waals surface area contributed by atoms with Crippen molar-refractivity contribution in [2.45, 2.75) is 26.8 Å². The normalized spacial score (nSPS) is 15.1. The summed E-state index contributed by atoms with van der Waals surface area (Å²) in [6, 6.07) is 5.87. The molecule has 0 saturated heterocycles. The van der Waals surface area contributed by atoms with Gasteiger partial charge in [-0.3, -0.25) is 0 Å². The molecule has 0 aliphatic carbocycles. The van der Waals surface area contributed by atoms with Crippen LogP contribution in [0.4, 0.5) is 0 Å². The number of aliphatic imine (C=N–C) groups is 1. The van der Waals surface area contributed by atoms with Gasteiger partial charge in [-0.1, -0.05) is 26.0 Å². The third-order valence-electron chi connectivity index (χ3n) is 2.96. The second kappa shape index (κ2) is 7.03. The van der Waals surface area contributed by atoms with E-state index >= 15 is 0 Å². The van der Waals surface area contributed by atoms with Crippen LogP contribution < -0.4 is 20.5 Å². The number of nitrogens with one attached hydrogen (secondary N) is 1. The highest BCUT2D eigenvalue weighted by atomic mass is 16.5. The average Bonchev–Trinajstić information content (AvgIpc) is 2.68. The van der Waals surface area contributed by atoms with Crippen LogP contribution in [-0.4, -0.2) is 25.7 Å². The first-order chi connectivity index (χ1) is 9.66. The fourth-order valence-electron chi connectivity index (χ4n) is 1.91. The molecule has 0 amide bonds. The Balaban J connectivity index is 2.04. The number of fused-ring (bicyclic) bond motifs is 1. The molecule has 20 heavy (non-hydrogen) atoms. The van der Waals surface area contributed by atoms with Crippen LogP contribution in [0.25, 0.3) is 0 Å². The SMILES string of the molecule is CC(C)CNC(N)=NCc1cccc2c1OCCCO2. The minimum Gasteiger partial charge on any atom is -0.490 e. The van der Waals surface area contributed by atoms with Crippen molar-refractivity contribution in [3.8, 4) is 11.5 Å². The van der Waals surface area contributed by atoms with E-state index in [0.717, 1.165) is 30.0 Å². The van der Waals surface area contributed by atoms with Crippen LogP contribution in [0, 0.1) is 5.92 Å². The summed E-state index contributed by atoms with van der Waals surface area (Å²) in [5.41, 5.74) is 6.84. The highest BCUT2D eigenvalue weighted by Crippen LogP contribution is 2.33. The van der Waals surface area contributed by atoms with Crippen LogP contribution in [0.3, 0.4) is 0 Å². The third-order valence-corrected chi connectivity index (χ3v) is 2.96. The van der Waals surface area contributed by atoms with E-state index in [9.17, 15) is 0 Å². The van der Waals surface area contributed by atoms with Crippen molar-refractivity contribution in [2.75, 3.05) is 19.8 Å². The number of benzene rings is 1. The van der Waals surface area contributed by atoms with Crippen LogP contribution in [-0.2, 0) is 6.54 Å². The number of guanidine groups is 1. The predicted octanol–water partition coefficient (Wildman–Crippen LogP) is 1.91. The topological polar surface area (TPSA) is 68.9 Å². The fourth-order valence-corrected chi connectivity index (χ4v) is 1.91. The number of ether oxygens (including phenoxy) is 2. The molecule has 1 heterocycles. The number of rotatable bonds is 4. The highest BCUT2D eigenvalue weighted by molar-refractivity contribution is 5.77. The number of para-hydroxylation sites is 1. The Labute approximate surface area is 120 Å². The molecule has 1 aliphatic rings. The van der Waals surface area contributed by atoms with Crippen LogP contribution in [0.2, 0.25) is 0 Å². The number of nitrogens with two attached hydrogens (primary N) is 1. The predicted molar refractivity (Wildman–Crippen MR) is 80.2 cm³/mol. The summed E-state index contributed by atoms with van der Waals surface area (Å²) in [6.07, 6.45) is 0.898. The van der Waals surface area contributed by atoms with Crippen LogP contribution in [0.5, 0.6) is 11.5 Å². The van der Waals surface area contributed by atoms with E-state index in [0.29, 0.717) is 31.6 Å². The van der Waals surface area contributed by atoms with Gasteiger partial charge in [-0.05, 0) is 12.0 Å². The van der Waals surface area contributed by atoms with E-state index in [2.05, 4.69) is 24.2 Å². The van der Waals surface area contributed by atoms with Gasteiger partial charge in [0.05, 0.1) is 19.8 Å². The Hall–Kier alpha value is -1.91. The van der Waals surface area contributed by atoms with Gasteiger partial charge in [-0.25, -0.2) is 4.99 Å². The summed E-state index contributed by atoms with van der Waals surface area (Å²) >= 11 is 0. The maximum Gasteiger partial charge on any atom is 0.188 e. The molecule has 3 N–H and O–H groups in total. The van der Waals surface area contributed by atoms with Crippen molar-refractivity contribution >= 4 is 5.96 Å². The van der Waals surface area contributed by atoms with Crippen molar-refractivity contribution in [1.29, 1.82) is 0 Å². The van der Waals surface area contributed by atoms with Crippen molar-refractivity contribution in [3.05, 3.63) is 23.8 Å². The summed E-state index contributed by atoms with van der Waals surface area (Å²) in [7, 11) is 0. The van der Waals surface area contributed by atoms with Gasteiger partial charge in [-0.2, -0.15) is 0 Å². The van der Waals surface area contributed by atoms with Crippen molar-refractivity contribution in [1.82, 2.24) is 5.32 Å². The molecule has 110 valence electrons.